The molecule has 1 aromatic heterocycles. The smallest absolute Gasteiger partial charge is 0.290 e. The van der Waals surface area contributed by atoms with Crippen molar-refractivity contribution in [2.45, 2.75) is 26.8 Å². The summed E-state index contributed by atoms with van der Waals surface area (Å²) in [6, 6.07) is 8.52. The van der Waals surface area contributed by atoms with Crippen molar-refractivity contribution < 1.29 is 13.6 Å². The zero-order valence-corrected chi connectivity index (χ0v) is 18.5. The molecule has 31 heavy (non-hydrogen) atoms. The van der Waals surface area contributed by atoms with Gasteiger partial charge in [-0.05, 0) is 55.4 Å². The zero-order chi connectivity index (χ0) is 22.3. The topological polar surface area (TPSA) is 53.8 Å². The molecule has 1 atom stereocenters. The Morgan fingerprint density at radius 3 is 2.45 bits per heavy atom. The number of nitrogens with zero attached hydrogens (tertiary/aromatic N) is 2. The molecule has 1 aliphatic heterocycles. The lowest BCUT2D eigenvalue weighted by atomic mass is 9.98. The molecule has 0 aliphatic carbocycles. The highest BCUT2D eigenvalue weighted by Crippen LogP contribution is 2.38. The molecule has 0 N–H and O–H groups in total. The van der Waals surface area contributed by atoms with Gasteiger partial charge < -0.3 is 14.2 Å². The first-order valence-electron chi connectivity index (χ1n) is 10.4. The van der Waals surface area contributed by atoms with E-state index < -0.39 is 6.04 Å². The quantitative estimate of drug-likeness (QED) is 0.551. The number of fused-ring (bicyclic) bond motifs is 2. The number of hydrogen-bond donors (Lipinski definition) is 0. The normalized spacial score (nSPS) is 15.9. The molecule has 4 rings (SSSR count). The van der Waals surface area contributed by atoms with Crippen molar-refractivity contribution in [3.8, 4) is 0 Å². The SMILES string of the molecule is CCN(CC)CCN1C(=O)c2oc3cc(C)c(Cl)cc3c(=O)c2[C@H]1c1ccc(F)cc1. The molecule has 162 valence electrons. The number of carbonyl (C=O) groups excluding carboxylic acids is 1. The fourth-order valence-corrected chi connectivity index (χ4v) is 4.32. The fourth-order valence-electron chi connectivity index (χ4n) is 4.15. The third-order valence-electron chi connectivity index (χ3n) is 5.98. The molecular weight excluding hydrogens is 419 g/mol. The summed E-state index contributed by atoms with van der Waals surface area (Å²) in [7, 11) is 0. The second-order valence-corrected chi connectivity index (χ2v) is 8.16. The van der Waals surface area contributed by atoms with Gasteiger partial charge in [-0.15, -0.1) is 0 Å². The molecule has 0 fully saturated rings. The van der Waals surface area contributed by atoms with Crippen LogP contribution in [0.3, 0.4) is 0 Å². The number of likely N-dealkylation sites (N-methyl/N-ethyl adjacent to an activating group) is 1. The largest absolute Gasteiger partial charge is 0.450 e. The van der Waals surface area contributed by atoms with Gasteiger partial charge in [-0.1, -0.05) is 37.6 Å². The Hall–Kier alpha value is -2.70. The van der Waals surface area contributed by atoms with Gasteiger partial charge in [0, 0.05) is 18.1 Å². The number of rotatable bonds is 6. The second-order valence-electron chi connectivity index (χ2n) is 7.75. The maximum Gasteiger partial charge on any atom is 0.290 e. The number of amides is 1. The molecule has 1 amide bonds. The van der Waals surface area contributed by atoms with Crippen LogP contribution in [-0.2, 0) is 0 Å². The Bertz CT molecular complexity index is 1200. The lowest BCUT2D eigenvalue weighted by Gasteiger charge is -2.28. The molecule has 5 nitrogen and oxygen atoms in total. The minimum atomic E-state index is -0.639. The summed E-state index contributed by atoms with van der Waals surface area (Å²) in [5.41, 5.74) is 1.76. The Labute approximate surface area is 185 Å². The van der Waals surface area contributed by atoms with Crippen LogP contribution in [0, 0.1) is 12.7 Å². The van der Waals surface area contributed by atoms with Crippen molar-refractivity contribution >= 4 is 28.5 Å². The summed E-state index contributed by atoms with van der Waals surface area (Å²) in [5.74, 6) is -0.660. The zero-order valence-electron chi connectivity index (χ0n) is 17.7. The molecule has 3 aromatic rings. The Morgan fingerprint density at radius 2 is 1.81 bits per heavy atom. The van der Waals surface area contributed by atoms with Crippen LogP contribution in [0.4, 0.5) is 4.39 Å². The van der Waals surface area contributed by atoms with Crippen LogP contribution in [-0.4, -0.2) is 41.9 Å². The maximum atomic E-state index is 13.6. The van der Waals surface area contributed by atoms with Crippen molar-refractivity contribution in [1.82, 2.24) is 9.80 Å². The van der Waals surface area contributed by atoms with E-state index in [1.807, 2.05) is 6.92 Å². The summed E-state index contributed by atoms with van der Waals surface area (Å²) in [5, 5.41) is 0.792. The van der Waals surface area contributed by atoms with Gasteiger partial charge in [0.2, 0.25) is 5.76 Å². The minimum Gasteiger partial charge on any atom is -0.450 e. The number of hydrogen-bond acceptors (Lipinski definition) is 4. The first kappa shape index (κ1) is 21.5. The van der Waals surface area contributed by atoms with E-state index in [2.05, 4.69) is 18.7 Å². The van der Waals surface area contributed by atoms with Gasteiger partial charge >= 0.3 is 0 Å². The number of halogens is 2. The van der Waals surface area contributed by atoms with E-state index in [4.69, 9.17) is 16.0 Å². The summed E-state index contributed by atoms with van der Waals surface area (Å²) in [4.78, 5) is 30.7. The van der Waals surface area contributed by atoms with Crippen molar-refractivity contribution in [1.29, 1.82) is 0 Å². The molecule has 0 saturated heterocycles. The van der Waals surface area contributed by atoms with Crippen LogP contribution in [0.25, 0.3) is 11.0 Å². The lowest BCUT2D eigenvalue weighted by molar-refractivity contribution is 0.0708. The van der Waals surface area contributed by atoms with Crippen molar-refractivity contribution in [3.63, 3.8) is 0 Å². The van der Waals surface area contributed by atoms with Gasteiger partial charge in [-0.3, -0.25) is 9.59 Å². The third kappa shape index (κ3) is 3.75. The second kappa shape index (κ2) is 8.44. The van der Waals surface area contributed by atoms with Crippen LogP contribution in [0.5, 0.6) is 0 Å². The Morgan fingerprint density at radius 1 is 1.13 bits per heavy atom. The highest BCUT2D eigenvalue weighted by molar-refractivity contribution is 6.32. The average molecular weight is 443 g/mol. The fraction of sp³-hybridized carbons (Fsp3) is 0.333. The van der Waals surface area contributed by atoms with Crippen LogP contribution in [0.1, 0.15) is 47.1 Å². The van der Waals surface area contributed by atoms with Crippen LogP contribution in [0.15, 0.2) is 45.6 Å². The van der Waals surface area contributed by atoms with Crippen molar-refractivity contribution in [3.05, 3.63) is 79.9 Å². The van der Waals surface area contributed by atoms with E-state index in [-0.39, 0.29) is 28.5 Å². The average Bonchev–Trinajstić information content (AvgIpc) is 3.03. The van der Waals surface area contributed by atoms with Crippen molar-refractivity contribution in [2.75, 3.05) is 26.2 Å². The predicted octanol–water partition coefficient (Wildman–Crippen LogP) is 4.78. The number of benzene rings is 2. The summed E-state index contributed by atoms with van der Waals surface area (Å²) in [6.07, 6.45) is 0. The number of aryl methyl sites for hydroxylation is 1. The summed E-state index contributed by atoms with van der Waals surface area (Å²) < 4.78 is 19.5. The number of carbonyl (C=O) groups is 1. The van der Waals surface area contributed by atoms with Gasteiger partial charge in [0.1, 0.15) is 11.4 Å². The van der Waals surface area contributed by atoms with Crippen LogP contribution >= 0.6 is 11.6 Å². The van der Waals surface area contributed by atoms with Gasteiger partial charge in [0.05, 0.1) is 17.0 Å². The molecule has 1 aliphatic rings. The van der Waals surface area contributed by atoms with Crippen molar-refractivity contribution in [2.24, 2.45) is 0 Å². The summed E-state index contributed by atoms with van der Waals surface area (Å²) in [6.45, 7) is 8.72. The molecule has 0 radical (unpaired) electrons. The van der Waals surface area contributed by atoms with E-state index in [0.29, 0.717) is 34.6 Å². The molecule has 0 saturated carbocycles. The maximum absolute atomic E-state index is 13.6. The van der Waals surface area contributed by atoms with E-state index >= 15 is 0 Å². The first-order valence-corrected chi connectivity index (χ1v) is 10.8. The lowest BCUT2D eigenvalue weighted by Crippen LogP contribution is -2.37. The monoisotopic (exact) mass is 442 g/mol. The minimum absolute atomic E-state index is 0.0492. The molecule has 0 spiro atoms. The predicted molar refractivity (Wildman–Crippen MR) is 119 cm³/mol. The first-order chi connectivity index (χ1) is 14.8. The standard InChI is InChI=1S/C24H24ClFN2O3/c1-4-27(5-2)10-11-28-21(15-6-8-16(26)9-7-15)20-22(29)17-13-18(25)14(3)12-19(17)31-23(20)24(28)30/h6-9,12-13,21H,4-5,10-11H2,1-3H3/t21-/m1/s1. The van der Waals surface area contributed by atoms with Gasteiger partial charge in [-0.25, -0.2) is 4.39 Å². The molecule has 2 heterocycles. The highest BCUT2D eigenvalue weighted by Gasteiger charge is 2.42. The van der Waals surface area contributed by atoms with Gasteiger partial charge in [0.15, 0.2) is 5.43 Å². The van der Waals surface area contributed by atoms with E-state index in [1.54, 1.807) is 29.2 Å². The Balaban J connectivity index is 1.89. The molecule has 0 bridgehead atoms. The van der Waals surface area contributed by atoms with Crippen LogP contribution in [0.2, 0.25) is 5.02 Å². The van der Waals surface area contributed by atoms with E-state index in [1.165, 1.54) is 12.1 Å². The van der Waals surface area contributed by atoms with Crippen LogP contribution < -0.4 is 5.43 Å². The molecular formula is C24H24ClFN2O3. The summed E-state index contributed by atoms with van der Waals surface area (Å²) >= 11 is 6.25. The molecule has 0 unspecified atom stereocenters. The van der Waals surface area contributed by atoms with Gasteiger partial charge in [0.25, 0.3) is 5.91 Å². The van der Waals surface area contributed by atoms with Gasteiger partial charge in [-0.2, -0.15) is 0 Å². The molecule has 7 heteroatoms. The third-order valence-corrected chi connectivity index (χ3v) is 6.39. The molecule has 2 aromatic carbocycles. The van der Waals surface area contributed by atoms with E-state index in [9.17, 15) is 14.0 Å². The highest BCUT2D eigenvalue weighted by atomic mass is 35.5. The van der Waals surface area contributed by atoms with E-state index in [0.717, 1.165) is 18.7 Å². The Kier molecular flexibility index (Phi) is 5.86.